The third-order valence-corrected chi connectivity index (χ3v) is 11.9. The van der Waals surface area contributed by atoms with E-state index in [1.165, 1.54) is 39.5 Å². The number of aromatic nitrogens is 3. The minimum absolute atomic E-state index is 0.175. The highest BCUT2D eigenvalue weighted by molar-refractivity contribution is 5.86. The Morgan fingerprint density at radius 3 is 2.12 bits per heavy atom. The van der Waals surface area contributed by atoms with Crippen molar-refractivity contribution in [2.24, 2.45) is 0 Å². The molecule has 4 aliphatic rings. The Hall–Kier alpha value is -6.78. The smallest absolute Gasteiger partial charge is 0.160 e. The Morgan fingerprint density at radius 2 is 1.25 bits per heavy atom. The molecule has 5 aromatic carbocycles. The molecular formula is C52H40N4. The summed E-state index contributed by atoms with van der Waals surface area (Å²) in [6, 6.07) is 48.0. The minimum Gasteiger partial charge on any atom is -0.333 e. The predicted octanol–water partition coefficient (Wildman–Crippen LogP) is 12.6. The Kier molecular flexibility index (Phi) is 7.87. The summed E-state index contributed by atoms with van der Waals surface area (Å²) >= 11 is 0. The lowest BCUT2D eigenvalue weighted by atomic mass is 9.91. The number of hydrogen-bond donors (Lipinski definition) is 0. The molecule has 0 bridgehead atoms. The van der Waals surface area contributed by atoms with Crippen LogP contribution in [0.25, 0.3) is 62.9 Å². The second kappa shape index (κ2) is 13.5. The molecule has 0 saturated carbocycles. The van der Waals surface area contributed by atoms with Crippen LogP contribution < -0.4 is 4.90 Å². The van der Waals surface area contributed by atoms with E-state index in [0.29, 0.717) is 5.82 Å². The van der Waals surface area contributed by atoms with Crippen LogP contribution in [0.5, 0.6) is 0 Å². The zero-order valence-electron chi connectivity index (χ0n) is 31.1. The lowest BCUT2D eigenvalue weighted by Crippen LogP contribution is -2.28. The maximum absolute atomic E-state index is 5.40. The maximum Gasteiger partial charge on any atom is 0.160 e. The van der Waals surface area contributed by atoms with Crippen LogP contribution in [-0.2, 0) is 12.8 Å². The number of para-hydroxylation sites is 1. The molecule has 3 aliphatic carbocycles. The van der Waals surface area contributed by atoms with E-state index in [2.05, 4.69) is 185 Å². The van der Waals surface area contributed by atoms with E-state index in [4.69, 9.17) is 9.97 Å². The SMILES string of the molecule is C1=CC2c3ccccc3N(c3cc(-c4cc(-c5ccccc5-c5ccccc5)nc(-c5ccccc5)n4)cc(-n4c5c(c6c4CCC=C6)CCC=C5)c3)C2C=C1. The molecule has 0 fully saturated rings. The normalized spacial score (nSPS) is 17.4. The van der Waals surface area contributed by atoms with Gasteiger partial charge in [0.2, 0.25) is 0 Å². The van der Waals surface area contributed by atoms with Crippen LogP contribution in [0.2, 0.25) is 0 Å². The summed E-state index contributed by atoms with van der Waals surface area (Å²) in [6.07, 6.45) is 22.7. The van der Waals surface area contributed by atoms with Crippen LogP contribution in [0.3, 0.4) is 0 Å². The summed E-state index contributed by atoms with van der Waals surface area (Å²) in [4.78, 5) is 13.3. The van der Waals surface area contributed by atoms with Crippen molar-refractivity contribution < 1.29 is 0 Å². The van der Waals surface area contributed by atoms with Crippen molar-refractivity contribution in [2.75, 3.05) is 4.90 Å². The highest BCUT2D eigenvalue weighted by Crippen LogP contribution is 2.49. The van der Waals surface area contributed by atoms with Gasteiger partial charge in [-0.15, -0.1) is 0 Å². The van der Waals surface area contributed by atoms with Gasteiger partial charge in [-0.25, -0.2) is 9.97 Å². The third kappa shape index (κ3) is 5.44. The van der Waals surface area contributed by atoms with Gasteiger partial charge in [-0.2, -0.15) is 0 Å². The molecule has 0 radical (unpaired) electrons. The molecule has 2 atom stereocenters. The van der Waals surface area contributed by atoms with Crippen molar-refractivity contribution in [3.63, 3.8) is 0 Å². The molecule has 7 aromatic rings. The molecule has 11 rings (SSSR count). The summed E-state index contributed by atoms with van der Waals surface area (Å²) in [5.74, 6) is 0.997. The molecule has 2 aromatic heterocycles. The molecular weight excluding hydrogens is 681 g/mol. The van der Waals surface area contributed by atoms with Crippen LogP contribution in [0.4, 0.5) is 11.4 Å². The first kappa shape index (κ1) is 32.6. The standard InChI is InChI=1S/C52H40N4/c1-3-17-35(18-4-1)40-21-7-8-22-41(40)47-34-46(53-52(54-47)36-19-5-2-6-20-36)37-31-38(55-48-27-13-9-23-42(48)43-24-10-14-28-49(43)55)33-39(32-37)56-50-29-15-11-25-44(50)45-26-12-16-30-51(45)56/h1-11,13-14,16-25,27-28,30-34,42,48H,12,15,26,29H2. The predicted molar refractivity (Wildman–Crippen MR) is 231 cm³/mol. The van der Waals surface area contributed by atoms with Gasteiger partial charge in [0.25, 0.3) is 0 Å². The number of fused-ring (bicyclic) bond motifs is 6. The largest absolute Gasteiger partial charge is 0.333 e. The fourth-order valence-electron chi connectivity index (χ4n) is 9.36. The third-order valence-electron chi connectivity index (χ3n) is 11.9. The van der Waals surface area contributed by atoms with Crippen molar-refractivity contribution >= 4 is 23.5 Å². The van der Waals surface area contributed by atoms with Crippen LogP contribution in [0.1, 0.15) is 46.8 Å². The Bertz CT molecular complexity index is 2770. The zero-order valence-corrected chi connectivity index (χ0v) is 31.1. The number of nitrogens with zero attached hydrogens (tertiary/aromatic N) is 4. The number of hydrogen-bond acceptors (Lipinski definition) is 3. The molecule has 0 amide bonds. The van der Waals surface area contributed by atoms with E-state index in [9.17, 15) is 0 Å². The summed E-state index contributed by atoms with van der Waals surface area (Å²) in [6.45, 7) is 0. The van der Waals surface area contributed by atoms with Crippen molar-refractivity contribution in [3.05, 3.63) is 198 Å². The maximum atomic E-state index is 5.40. The van der Waals surface area contributed by atoms with E-state index in [0.717, 1.165) is 70.6 Å². The van der Waals surface area contributed by atoms with Gasteiger partial charge < -0.3 is 9.47 Å². The van der Waals surface area contributed by atoms with Crippen molar-refractivity contribution in [1.82, 2.24) is 14.5 Å². The van der Waals surface area contributed by atoms with E-state index in [1.54, 1.807) is 0 Å². The minimum atomic E-state index is 0.175. The molecule has 3 heterocycles. The number of allylic oxidation sites excluding steroid dienone is 4. The second-order valence-corrected chi connectivity index (χ2v) is 15.1. The molecule has 268 valence electrons. The monoisotopic (exact) mass is 720 g/mol. The fourth-order valence-corrected chi connectivity index (χ4v) is 9.36. The van der Waals surface area contributed by atoms with Crippen molar-refractivity contribution in [2.45, 2.75) is 37.6 Å². The fraction of sp³-hybridized carbons (Fsp3) is 0.115. The molecule has 4 nitrogen and oxygen atoms in total. The Morgan fingerprint density at radius 1 is 0.554 bits per heavy atom. The van der Waals surface area contributed by atoms with E-state index < -0.39 is 0 Å². The van der Waals surface area contributed by atoms with Crippen LogP contribution in [-0.4, -0.2) is 20.6 Å². The topological polar surface area (TPSA) is 34.0 Å². The van der Waals surface area contributed by atoms with Gasteiger partial charge in [0.05, 0.1) is 17.4 Å². The van der Waals surface area contributed by atoms with Gasteiger partial charge in [0.15, 0.2) is 5.82 Å². The van der Waals surface area contributed by atoms with Crippen LogP contribution >= 0.6 is 0 Å². The van der Waals surface area contributed by atoms with Crippen LogP contribution in [0, 0.1) is 0 Å². The molecule has 1 aliphatic heterocycles. The van der Waals surface area contributed by atoms with Crippen molar-refractivity contribution in [1.29, 1.82) is 0 Å². The van der Waals surface area contributed by atoms with Crippen LogP contribution in [0.15, 0.2) is 170 Å². The Balaban J connectivity index is 1.17. The van der Waals surface area contributed by atoms with E-state index in [1.807, 2.05) is 6.07 Å². The van der Waals surface area contributed by atoms with Gasteiger partial charge in [-0.1, -0.05) is 146 Å². The summed E-state index contributed by atoms with van der Waals surface area (Å²) in [5, 5.41) is 0. The summed E-state index contributed by atoms with van der Waals surface area (Å²) in [7, 11) is 0. The Labute approximate surface area is 328 Å². The lowest BCUT2D eigenvalue weighted by molar-refractivity contribution is 0.744. The highest BCUT2D eigenvalue weighted by atomic mass is 15.2. The molecule has 56 heavy (non-hydrogen) atoms. The van der Waals surface area contributed by atoms with Gasteiger partial charge in [-0.3, -0.25) is 0 Å². The quantitative estimate of drug-likeness (QED) is 0.172. The van der Waals surface area contributed by atoms with Gasteiger partial charge in [0, 0.05) is 51.1 Å². The first-order valence-electron chi connectivity index (χ1n) is 19.9. The van der Waals surface area contributed by atoms with E-state index >= 15 is 0 Å². The number of benzene rings is 5. The first-order valence-corrected chi connectivity index (χ1v) is 19.9. The second-order valence-electron chi connectivity index (χ2n) is 15.1. The number of rotatable bonds is 6. The molecule has 0 saturated heterocycles. The molecule has 2 unspecified atom stereocenters. The zero-order chi connectivity index (χ0) is 37.0. The van der Waals surface area contributed by atoms with Gasteiger partial charge in [-0.05, 0) is 89.9 Å². The van der Waals surface area contributed by atoms with Gasteiger partial charge in [0.1, 0.15) is 0 Å². The summed E-state index contributed by atoms with van der Waals surface area (Å²) < 4.78 is 2.55. The molecule has 0 N–H and O–H groups in total. The number of anilines is 2. The molecule has 0 spiro atoms. The lowest BCUT2D eigenvalue weighted by Gasteiger charge is -2.30. The van der Waals surface area contributed by atoms with Gasteiger partial charge >= 0.3 is 0 Å². The average molecular weight is 721 g/mol. The summed E-state index contributed by atoms with van der Waals surface area (Å²) in [5.41, 5.74) is 17.8. The molecule has 4 heteroatoms. The average Bonchev–Trinajstić information content (AvgIpc) is 3.80. The highest BCUT2D eigenvalue weighted by Gasteiger charge is 2.37. The van der Waals surface area contributed by atoms with E-state index in [-0.39, 0.29) is 12.0 Å². The van der Waals surface area contributed by atoms with Crippen molar-refractivity contribution in [3.8, 4) is 50.7 Å². The first-order chi connectivity index (χ1) is 27.8.